The molecule has 0 bridgehead atoms. The second-order valence-electron chi connectivity index (χ2n) is 6.21. The van der Waals surface area contributed by atoms with Gasteiger partial charge in [-0.2, -0.15) is 0 Å². The first kappa shape index (κ1) is 15.1. The van der Waals surface area contributed by atoms with Crippen molar-refractivity contribution in [3.63, 3.8) is 0 Å². The zero-order chi connectivity index (χ0) is 15.7. The number of fused-ring (bicyclic) bond motifs is 1. The number of H-pyrrole nitrogens is 1. The molecule has 0 unspecified atom stereocenters. The normalized spacial score (nSPS) is 18.0. The Bertz CT molecular complexity index is 697. The average Bonchev–Trinajstić information content (AvgIpc) is 3.13. The van der Waals surface area contributed by atoms with Crippen LogP contribution in [0.3, 0.4) is 0 Å². The lowest BCUT2D eigenvalue weighted by atomic mass is 10.0. The summed E-state index contributed by atoms with van der Waals surface area (Å²) < 4.78 is 5.29. The number of carbonyl (C=O) groups is 1. The van der Waals surface area contributed by atoms with Crippen molar-refractivity contribution in [2.24, 2.45) is 5.92 Å². The lowest BCUT2D eigenvalue weighted by Crippen LogP contribution is -2.30. The first-order valence-electron chi connectivity index (χ1n) is 8.06. The smallest absolute Gasteiger partial charge is 0.225 e. The van der Waals surface area contributed by atoms with Crippen molar-refractivity contribution in [1.82, 2.24) is 10.3 Å². The molecular weight excluding hydrogens is 276 g/mol. The van der Waals surface area contributed by atoms with E-state index in [1.54, 1.807) is 0 Å². The molecular formula is C18H24N2O2. The average molecular weight is 300 g/mol. The molecule has 1 atom stereocenters. The number of rotatable bonds is 4. The van der Waals surface area contributed by atoms with E-state index < -0.39 is 0 Å². The maximum atomic E-state index is 12.2. The molecule has 4 heteroatoms. The highest BCUT2D eigenvalue weighted by Crippen LogP contribution is 2.27. The number of hydrogen-bond donors (Lipinski definition) is 2. The second-order valence-corrected chi connectivity index (χ2v) is 6.21. The van der Waals surface area contributed by atoms with Crippen LogP contribution in [0.15, 0.2) is 12.1 Å². The summed E-state index contributed by atoms with van der Waals surface area (Å²) >= 11 is 0. The molecule has 2 aromatic rings. The minimum atomic E-state index is 0.0110. The van der Waals surface area contributed by atoms with Gasteiger partial charge in [0.25, 0.3) is 0 Å². The number of aryl methyl sites for hydroxylation is 3. The minimum Gasteiger partial charge on any atom is -0.381 e. The van der Waals surface area contributed by atoms with Crippen LogP contribution in [0.1, 0.15) is 35.7 Å². The topological polar surface area (TPSA) is 54.1 Å². The van der Waals surface area contributed by atoms with Gasteiger partial charge in [0.2, 0.25) is 5.91 Å². The maximum Gasteiger partial charge on any atom is 0.225 e. The summed E-state index contributed by atoms with van der Waals surface area (Å²) in [7, 11) is 0. The Morgan fingerprint density at radius 2 is 2.23 bits per heavy atom. The number of aromatic amines is 1. The molecule has 0 saturated carbocycles. The largest absolute Gasteiger partial charge is 0.381 e. The zero-order valence-corrected chi connectivity index (χ0v) is 13.6. The predicted molar refractivity (Wildman–Crippen MR) is 87.9 cm³/mol. The van der Waals surface area contributed by atoms with Gasteiger partial charge in [0.05, 0.1) is 18.0 Å². The molecule has 1 saturated heterocycles. The molecule has 118 valence electrons. The van der Waals surface area contributed by atoms with E-state index in [1.807, 2.05) is 0 Å². The molecule has 1 fully saturated rings. The van der Waals surface area contributed by atoms with Gasteiger partial charge in [0.1, 0.15) is 0 Å². The monoisotopic (exact) mass is 300 g/mol. The highest BCUT2D eigenvalue weighted by Gasteiger charge is 2.23. The fourth-order valence-corrected chi connectivity index (χ4v) is 3.27. The van der Waals surface area contributed by atoms with Gasteiger partial charge in [-0.25, -0.2) is 0 Å². The molecule has 4 nitrogen and oxygen atoms in total. The minimum absolute atomic E-state index is 0.0110. The third kappa shape index (κ3) is 2.75. The standard InChI is InChI=1S/C18H24N2O2/c1-4-16-12(3)15-8-11(2)7-14(17(15)20-16)9-19-18(21)13-5-6-22-10-13/h7-8,13,20H,4-6,9-10H2,1-3H3,(H,19,21)/t13-/m1/s1. The van der Waals surface area contributed by atoms with E-state index >= 15 is 0 Å². The summed E-state index contributed by atoms with van der Waals surface area (Å²) in [4.78, 5) is 15.7. The molecule has 0 spiro atoms. The third-order valence-electron chi connectivity index (χ3n) is 4.60. The summed E-state index contributed by atoms with van der Waals surface area (Å²) in [6.45, 7) is 8.24. The number of nitrogens with one attached hydrogen (secondary N) is 2. The number of amides is 1. The lowest BCUT2D eigenvalue weighted by Gasteiger charge is -2.11. The van der Waals surface area contributed by atoms with Crippen molar-refractivity contribution >= 4 is 16.8 Å². The van der Waals surface area contributed by atoms with E-state index in [0.29, 0.717) is 19.8 Å². The number of aromatic nitrogens is 1. The van der Waals surface area contributed by atoms with E-state index in [4.69, 9.17) is 4.74 Å². The molecule has 3 rings (SSSR count). The Morgan fingerprint density at radius 1 is 1.41 bits per heavy atom. The van der Waals surface area contributed by atoms with Gasteiger partial charge in [-0.15, -0.1) is 0 Å². The van der Waals surface area contributed by atoms with Gasteiger partial charge in [-0.05, 0) is 43.9 Å². The fraction of sp³-hybridized carbons (Fsp3) is 0.500. The Kier molecular flexibility index (Phi) is 4.21. The zero-order valence-electron chi connectivity index (χ0n) is 13.6. The number of ether oxygens (including phenoxy) is 1. The highest BCUT2D eigenvalue weighted by molar-refractivity contribution is 5.88. The van der Waals surface area contributed by atoms with Gasteiger partial charge in [-0.1, -0.05) is 18.6 Å². The third-order valence-corrected chi connectivity index (χ3v) is 4.60. The van der Waals surface area contributed by atoms with E-state index in [0.717, 1.165) is 23.9 Å². The molecule has 1 aromatic carbocycles. The Morgan fingerprint density at radius 3 is 2.91 bits per heavy atom. The predicted octanol–water partition coefficient (Wildman–Crippen LogP) is 3.00. The molecule has 1 aliphatic heterocycles. The number of carbonyl (C=O) groups excluding carboxylic acids is 1. The van der Waals surface area contributed by atoms with Crippen molar-refractivity contribution in [3.8, 4) is 0 Å². The highest BCUT2D eigenvalue weighted by atomic mass is 16.5. The van der Waals surface area contributed by atoms with Crippen LogP contribution in [-0.4, -0.2) is 24.1 Å². The Hall–Kier alpha value is -1.81. The van der Waals surface area contributed by atoms with Crippen molar-refractivity contribution in [3.05, 3.63) is 34.5 Å². The van der Waals surface area contributed by atoms with Crippen LogP contribution < -0.4 is 5.32 Å². The SMILES string of the molecule is CCc1[nH]c2c(CNC(=O)[C@@H]3CCOC3)cc(C)cc2c1C. The van der Waals surface area contributed by atoms with Crippen LogP contribution in [0, 0.1) is 19.8 Å². The Labute approximate surface area is 131 Å². The first-order valence-corrected chi connectivity index (χ1v) is 8.06. The van der Waals surface area contributed by atoms with E-state index in [2.05, 4.69) is 43.2 Å². The Balaban J connectivity index is 1.85. The van der Waals surface area contributed by atoms with Gasteiger partial charge < -0.3 is 15.0 Å². The summed E-state index contributed by atoms with van der Waals surface area (Å²) in [5, 5.41) is 4.34. The summed E-state index contributed by atoms with van der Waals surface area (Å²) in [5.74, 6) is 0.114. The number of benzene rings is 1. The van der Waals surface area contributed by atoms with Crippen molar-refractivity contribution < 1.29 is 9.53 Å². The van der Waals surface area contributed by atoms with Crippen LogP contribution in [0.4, 0.5) is 0 Å². The summed E-state index contributed by atoms with van der Waals surface area (Å²) in [6.07, 6.45) is 1.82. The van der Waals surface area contributed by atoms with Crippen molar-refractivity contribution in [1.29, 1.82) is 0 Å². The molecule has 1 aromatic heterocycles. The van der Waals surface area contributed by atoms with Gasteiger partial charge in [0.15, 0.2) is 0 Å². The lowest BCUT2D eigenvalue weighted by molar-refractivity contribution is -0.125. The number of hydrogen-bond acceptors (Lipinski definition) is 2. The molecule has 0 radical (unpaired) electrons. The molecule has 1 aliphatic rings. The second kappa shape index (κ2) is 6.13. The molecule has 22 heavy (non-hydrogen) atoms. The van der Waals surface area contributed by atoms with E-state index in [9.17, 15) is 4.79 Å². The molecule has 0 aliphatic carbocycles. The van der Waals surface area contributed by atoms with Crippen molar-refractivity contribution in [2.45, 2.75) is 40.2 Å². The van der Waals surface area contributed by atoms with E-state index in [-0.39, 0.29) is 11.8 Å². The quantitative estimate of drug-likeness (QED) is 0.912. The molecule has 2 heterocycles. The van der Waals surface area contributed by atoms with Crippen molar-refractivity contribution in [2.75, 3.05) is 13.2 Å². The van der Waals surface area contributed by atoms with Gasteiger partial charge in [0, 0.05) is 24.2 Å². The van der Waals surface area contributed by atoms with E-state index in [1.165, 1.54) is 22.2 Å². The van der Waals surface area contributed by atoms with Crippen LogP contribution in [0.5, 0.6) is 0 Å². The van der Waals surface area contributed by atoms with Crippen LogP contribution in [0.25, 0.3) is 10.9 Å². The molecule has 2 N–H and O–H groups in total. The van der Waals surface area contributed by atoms with Gasteiger partial charge in [-0.3, -0.25) is 4.79 Å². The first-order chi connectivity index (χ1) is 10.6. The van der Waals surface area contributed by atoms with Crippen LogP contribution in [0.2, 0.25) is 0 Å². The van der Waals surface area contributed by atoms with Crippen LogP contribution in [-0.2, 0) is 22.5 Å². The summed E-state index contributed by atoms with van der Waals surface area (Å²) in [6, 6.07) is 4.37. The summed E-state index contributed by atoms with van der Waals surface area (Å²) in [5.41, 5.74) is 6.13. The maximum absolute atomic E-state index is 12.2. The molecule has 1 amide bonds. The van der Waals surface area contributed by atoms with Crippen LogP contribution >= 0.6 is 0 Å². The van der Waals surface area contributed by atoms with Gasteiger partial charge >= 0.3 is 0 Å². The fourth-order valence-electron chi connectivity index (χ4n) is 3.27.